The van der Waals surface area contributed by atoms with Gasteiger partial charge in [-0.2, -0.15) is 5.10 Å². The lowest BCUT2D eigenvalue weighted by Gasteiger charge is -2.33. The molecule has 3 aromatic rings. The molecule has 0 aliphatic carbocycles. The smallest absolute Gasteiger partial charge is 0.244 e. The van der Waals surface area contributed by atoms with Crippen molar-refractivity contribution in [1.82, 2.24) is 19.7 Å². The molecule has 1 aromatic carbocycles. The van der Waals surface area contributed by atoms with Crippen molar-refractivity contribution < 1.29 is 9.21 Å². The second-order valence-corrected chi connectivity index (χ2v) is 7.14. The number of likely N-dealkylation sites (tertiary alicyclic amines) is 1. The number of hydrogen-bond donors (Lipinski definition) is 0. The van der Waals surface area contributed by atoms with Gasteiger partial charge in [0.2, 0.25) is 11.8 Å². The maximum Gasteiger partial charge on any atom is 0.244 e. The molecule has 0 spiro atoms. The fourth-order valence-electron chi connectivity index (χ4n) is 3.50. The second-order valence-electron chi connectivity index (χ2n) is 6.74. The van der Waals surface area contributed by atoms with Crippen molar-refractivity contribution in [3.05, 3.63) is 71.2 Å². The zero-order chi connectivity index (χ0) is 18.6. The van der Waals surface area contributed by atoms with E-state index >= 15 is 0 Å². The van der Waals surface area contributed by atoms with Crippen LogP contribution in [0.25, 0.3) is 0 Å². The van der Waals surface area contributed by atoms with Gasteiger partial charge in [0.15, 0.2) is 0 Å². The Morgan fingerprint density at radius 2 is 2.15 bits per heavy atom. The highest BCUT2D eigenvalue weighted by atomic mass is 35.5. The first-order valence-corrected chi connectivity index (χ1v) is 9.53. The molecule has 4 rings (SSSR count). The predicted octanol–water partition coefficient (Wildman–Crippen LogP) is 3.87. The summed E-state index contributed by atoms with van der Waals surface area (Å²) in [6.45, 7) is 0.948. The third kappa shape index (κ3) is 4.06. The second kappa shape index (κ2) is 7.96. The van der Waals surface area contributed by atoms with E-state index in [-0.39, 0.29) is 18.5 Å². The van der Waals surface area contributed by atoms with Crippen LogP contribution in [0.5, 0.6) is 0 Å². The molecule has 1 saturated heterocycles. The number of piperidine rings is 1. The molecule has 7 heteroatoms. The summed E-state index contributed by atoms with van der Waals surface area (Å²) in [6.07, 6.45) is 8.70. The quantitative estimate of drug-likeness (QED) is 0.669. The first-order valence-electron chi connectivity index (χ1n) is 9.15. The first kappa shape index (κ1) is 17.8. The van der Waals surface area contributed by atoms with Crippen LogP contribution in [0.2, 0.25) is 5.02 Å². The van der Waals surface area contributed by atoms with Crippen LogP contribution >= 0.6 is 11.6 Å². The van der Waals surface area contributed by atoms with Crippen LogP contribution in [0.3, 0.4) is 0 Å². The number of hydrogen-bond acceptors (Lipinski definition) is 4. The van der Waals surface area contributed by atoms with E-state index in [0.717, 1.165) is 30.6 Å². The molecule has 1 aliphatic rings. The van der Waals surface area contributed by atoms with Crippen LogP contribution in [0.15, 0.2) is 53.3 Å². The van der Waals surface area contributed by atoms with Gasteiger partial charge in [0.25, 0.3) is 0 Å². The van der Waals surface area contributed by atoms with Crippen LogP contribution in [0, 0.1) is 0 Å². The summed E-state index contributed by atoms with van der Waals surface area (Å²) in [5.74, 6) is 1.39. The van der Waals surface area contributed by atoms with Gasteiger partial charge in [0.05, 0.1) is 6.20 Å². The van der Waals surface area contributed by atoms with Crippen LogP contribution in [0.1, 0.15) is 42.5 Å². The Morgan fingerprint density at radius 3 is 2.96 bits per heavy atom. The predicted molar refractivity (Wildman–Crippen MR) is 101 cm³/mol. The number of benzene rings is 1. The molecule has 1 fully saturated rings. The third-order valence-corrected chi connectivity index (χ3v) is 5.23. The number of oxazole rings is 1. The SMILES string of the molecule is O=C(Cn1cccn1)N1CCCC[C@H]1c1ncc(Cc2ccccc2Cl)o1. The summed E-state index contributed by atoms with van der Waals surface area (Å²) in [5, 5.41) is 4.84. The van der Waals surface area contributed by atoms with Crippen LogP contribution in [-0.2, 0) is 17.8 Å². The van der Waals surface area contributed by atoms with E-state index in [9.17, 15) is 4.79 Å². The van der Waals surface area contributed by atoms with E-state index in [4.69, 9.17) is 16.0 Å². The fraction of sp³-hybridized carbons (Fsp3) is 0.350. The molecular formula is C20H21ClN4O2. The first-order chi connectivity index (χ1) is 13.2. The third-order valence-electron chi connectivity index (χ3n) is 4.86. The number of nitrogens with zero attached hydrogens (tertiary/aromatic N) is 4. The van der Waals surface area contributed by atoms with Crippen molar-refractivity contribution in [1.29, 1.82) is 0 Å². The summed E-state index contributed by atoms with van der Waals surface area (Å²) in [6, 6.07) is 9.39. The van der Waals surface area contributed by atoms with E-state index in [1.54, 1.807) is 23.3 Å². The Balaban J connectivity index is 1.50. The van der Waals surface area contributed by atoms with Gasteiger partial charge >= 0.3 is 0 Å². The minimum absolute atomic E-state index is 0.0363. The number of rotatable bonds is 5. The molecule has 2 aromatic heterocycles. The average Bonchev–Trinajstić information content (AvgIpc) is 3.36. The molecule has 6 nitrogen and oxygen atoms in total. The molecule has 0 radical (unpaired) electrons. The van der Waals surface area contributed by atoms with Gasteiger partial charge in [-0.1, -0.05) is 29.8 Å². The molecule has 27 heavy (non-hydrogen) atoms. The molecular weight excluding hydrogens is 364 g/mol. The standard InChI is InChI=1S/C20H21ClN4O2/c21-17-7-2-1-6-15(17)12-16-13-22-20(27-16)18-8-3-4-11-25(18)19(26)14-24-10-5-9-23-24/h1-2,5-7,9-10,13,18H,3-4,8,11-12,14H2/t18-/m0/s1. The molecule has 0 bridgehead atoms. The lowest BCUT2D eigenvalue weighted by atomic mass is 10.0. The van der Waals surface area contributed by atoms with Crippen LogP contribution in [-0.4, -0.2) is 32.1 Å². The lowest BCUT2D eigenvalue weighted by molar-refractivity contribution is -0.136. The van der Waals surface area contributed by atoms with Crippen molar-refractivity contribution in [2.24, 2.45) is 0 Å². The highest BCUT2D eigenvalue weighted by Gasteiger charge is 2.31. The molecule has 1 aliphatic heterocycles. The highest BCUT2D eigenvalue weighted by molar-refractivity contribution is 6.31. The summed E-state index contributed by atoms with van der Waals surface area (Å²) in [4.78, 5) is 19.1. The molecule has 1 amide bonds. The number of carbonyl (C=O) groups is 1. The molecule has 1 atom stereocenters. The monoisotopic (exact) mass is 384 g/mol. The van der Waals surface area contributed by atoms with Crippen molar-refractivity contribution in [2.75, 3.05) is 6.54 Å². The van der Waals surface area contributed by atoms with Crippen LogP contribution < -0.4 is 0 Å². The Kier molecular flexibility index (Phi) is 5.25. The van der Waals surface area contributed by atoms with E-state index in [1.165, 1.54) is 0 Å². The molecule has 3 heterocycles. The number of carbonyl (C=O) groups excluding carboxylic acids is 1. The number of halogens is 1. The summed E-state index contributed by atoms with van der Waals surface area (Å²) in [7, 11) is 0. The van der Waals surface area contributed by atoms with Gasteiger partial charge < -0.3 is 9.32 Å². The molecule has 140 valence electrons. The Bertz CT molecular complexity index is 906. The normalized spacial score (nSPS) is 17.2. The van der Waals surface area contributed by atoms with E-state index in [2.05, 4.69) is 10.1 Å². The maximum atomic E-state index is 12.8. The zero-order valence-corrected chi connectivity index (χ0v) is 15.7. The molecule has 0 saturated carbocycles. The lowest BCUT2D eigenvalue weighted by Crippen LogP contribution is -2.40. The van der Waals surface area contributed by atoms with Gasteiger partial charge in [0.1, 0.15) is 18.3 Å². The largest absolute Gasteiger partial charge is 0.443 e. The van der Waals surface area contributed by atoms with E-state index in [0.29, 0.717) is 23.9 Å². The van der Waals surface area contributed by atoms with Gasteiger partial charge in [0, 0.05) is 30.4 Å². The van der Waals surface area contributed by atoms with Crippen molar-refractivity contribution in [2.45, 2.75) is 38.3 Å². The van der Waals surface area contributed by atoms with Gasteiger partial charge in [-0.15, -0.1) is 0 Å². The van der Waals surface area contributed by atoms with Crippen molar-refractivity contribution >= 4 is 17.5 Å². The Labute approximate surface area is 162 Å². The highest BCUT2D eigenvalue weighted by Crippen LogP contribution is 2.31. The summed E-state index contributed by atoms with van der Waals surface area (Å²) >= 11 is 6.24. The summed E-state index contributed by atoms with van der Waals surface area (Å²) < 4.78 is 7.66. The summed E-state index contributed by atoms with van der Waals surface area (Å²) in [5.41, 5.74) is 0.997. The zero-order valence-electron chi connectivity index (χ0n) is 14.9. The van der Waals surface area contributed by atoms with Gasteiger partial charge in [-0.25, -0.2) is 4.98 Å². The number of aromatic nitrogens is 3. The Hall–Kier alpha value is -2.60. The van der Waals surface area contributed by atoms with E-state index in [1.807, 2.05) is 35.2 Å². The van der Waals surface area contributed by atoms with Crippen molar-refractivity contribution in [3.8, 4) is 0 Å². The maximum absolute atomic E-state index is 12.8. The van der Waals surface area contributed by atoms with Crippen LogP contribution in [0.4, 0.5) is 0 Å². The minimum atomic E-state index is -0.123. The van der Waals surface area contributed by atoms with Gasteiger partial charge in [-0.05, 0) is 37.0 Å². The topological polar surface area (TPSA) is 64.2 Å². The van der Waals surface area contributed by atoms with Crippen molar-refractivity contribution in [3.63, 3.8) is 0 Å². The Morgan fingerprint density at radius 1 is 1.26 bits per heavy atom. The molecule has 0 unspecified atom stereocenters. The van der Waals surface area contributed by atoms with E-state index < -0.39 is 0 Å². The minimum Gasteiger partial charge on any atom is -0.443 e. The number of amides is 1. The van der Waals surface area contributed by atoms with Gasteiger partial charge in [-0.3, -0.25) is 9.48 Å². The fourth-order valence-corrected chi connectivity index (χ4v) is 3.70. The molecule has 0 N–H and O–H groups in total. The average molecular weight is 385 g/mol.